The maximum atomic E-state index is 5.57. The van der Waals surface area contributed by atoms with Crippen molar-refractivity contribution in [2.75, 3.05) is 7.11 Å². The van der Waals surface area contributed by atoms with Gasteiger partial charge in [0.25, 0.3) is 0 Å². The third-order valence-electron chi connectivity index (χ3n) is 5.66. The Kier molecular flexibility index (Phi) is 3.61. The van der Waals surface area contributed by atoms with Crippen molar-refractivity contribution in [3.8, 4) is 16.9 Å². The van der Waals surface area contributed by atoms with Crippen LogP contribution in [0.2, 0.25) is 0 Å². The zero-order chi connectivity index (χ0) is 18.3. The zero-order valence-corrected chi connectivity index (χ0v) is 15.2. The molecule has 27 heavy (non-hydrogen) atoms. The van der Waals surface area contributed by atoms with E-state index in [4.69, 9.17) is 4.74 Å². The standard InChI is InChI=1S/C26H20O/c1-27-21-13-9-12-20(18-21)26(19-10-3-2-4-11-19)24-16-7-5-14-22(24)23-15-6-8-17-25(23)26/h2-18H,1H3. The lowest BCUT2D eigenvalue weighted by molar-refractivity contribution is 0.414. The molecular weight excluding hydrogens is 328 g/mol. The number of ether oxygens (including phenoxy) is 1. The predicted octanol–water partition coefficient (Wildman–Crippen LogP) is 6.06. The molecule has 0 fully saturated rings. The van der Waals surface area contributed by atoms with Crippen molar-refractivity contribution in [2.45, 2.75) is 5.41 Å². The second-order valence-electron chi connectivity index (χ2n) is 6.94. The number of hydrogen-bond donors (Lipinski definition) is 0. The van der Waals surface area contributed by atoms with Gasteiger partial charge in [-0.05, 0) is 45.5 Å². The number of hydrogen-bond acceptors (Lipinski definition) is 1. The molecule has 130 valence electrons. The number of rotatable bonds is 3. The molecule has 4 aromatic carbocycles. The van der Waals surface area contributed by atoms with Crippen molar-refractivity contribution in [1.29, 1.82) is 0 Å². The summed E-state index contributed by atoms with van der Waals surface area (Å²) in [6.45, 7) is 0. The van der Waals surface area contributed by atoms with Gasteiger partial charge in [0.1, 0.15) is 5.75 Å². The molecule has 1 aliphatic rings. The Hall–Kier alpha value is -3.32. The Morgan fingerprint density at radius 3 is 1.74 bits per heavy atom. The summed E-state index contributed by atoms with van der Waals surface area (Å²) in [5, 5.41) is 0. The number of methoxy groups -OCH3 is 1. The van der Waals surface area contributed by atoms with Crippen LogP contribution in [0.5, 0.6) is 5.75 Å². The first-order valence-electron chi connectivity index (χ1n) is 9.25. The molecule has 0 aliphatic heterocycles. The van der Waals surface area contributed by atoms with Gasteiger partial charge in [0.2, 0.25) is 0 Å². The van der Waals surface area contributed by atoms with Crippen LogP contribution in [0.15, 0.2) is 103 Å². The predicted molar refractivity (Wildman–Crippen MR) is 110 cm³/mol. The topological polar surface area (TPSA) is 9.23 Å². The second-order valence-corrected chi connectivity index (χ2v) is 6.94. The molecule has 0 amide bonds. The van der Waals surface area contributed by atoms with Crippen LogP contribution in [-0.4, -0.2) is 7.11 Å². The van der Waals surface area contributed by atoms with E-state index in [1.807, 2.05) is 6.07 Å². The van der Waals surface area contributed by atoms with Gasteiger partial charge in [0.05, 0.1) is 12.5 Å². The van der Waals surface area contributed by atoms with Gasteiger partial charge >= 0.3 is 0 Å². The van der Waals surface area contributed by atoms with Gasteiger partial charge in [-0.2, -0.15) is 0 Å². The van der Waals surface area contributed by atoms with Crippen molar-refractivity contribution in [3.05, 3.63) is 125 Å². The third kappa shape index (κ3) is 2.18. The second kappa shape index (κ2) is 6.14. The molecular formula is C26H20O. The Morgan fingerprint density at radius 1 is 0.556 bits per heavy atom. The summed E-state index contributed by atoms with van der Waals surface area (Å²) in [5.41, 5.74) is 7.42. The lowest BCUT2D eigenvalue weighted by atomic mass is 9.68. The summed E-state index contributed by atoms with van der Waals surface area (Å²) in [7, 11) is 1.73. The van der Waals surface area contributed by atoms with Crippen LogP contribution >= 0.6 is 0 Å². The van der Waals surface area contributed by atoms with Gasteiger partial charge in [0, 0.05) is 0 Å². The third-order valence-corrected chi connectivity index (χ3v) is 5.66. The highest BCUT2D eigenvalue weighted by Gasteiger charge is 2.45. The van der Waals surface area contributed by atoms with Gasteiger partial charge < -0.3 is 4.74 Å². The summed E-state index contributed by atoms with van der Waals surface area (Å²) in [5.74, 6) is 0.879. The maximum Gasteiger partial charge on any atom is 0.119 e. The minimum Gasteiger partial charge on any atom is -0.497 e. The summed E-state index contributed by atoms with van der Waals surface area (Å²) in [4.78, 5) is 0. The van der Waals surface area contributed by atoms with Gasteiger partial charge in [-0.1, -0.05) is 91.0 Å². The molecule has 0 saturated heterocycles. The lowest BCUT2D eigenvalue weighted by Gasteiger charge is -2.34. The molecule has 0 unspecified atom stereocenters. The molecule has 0 bridgehead atoms. The maximum absolute atomic E-state index is 5.57. The van der Waals surface area contributed by atoms with E-state index in [9.17, 15) is 0 Å². The smallest absolute Gasteiger partial charge is 0.119 e. The minimum atomic E-state index is -0.344. The van der Waals surface area contributed by atoms with Crippen molar-refractivity contribution < 1.29 is 4.74 Å². The number of benzene rings is 4. The highest BCUT2D eigenvalue weighted by Crippen LogP contribution is 2.56. The summed E-state index contributed by atoms with van der Waals surface area (Å²) >= 11 is 0. The number of fused-ring (bicyclic) bond motifs is 3. The fourth-order valence-corrected chi connectivity index (χ4v) is 4.57. The molecule has 0 radical (unpaired) electrons. The summed E-state index contributed by atoms with van der Waals surface area (Å²) in [6.07, 6.45) is 0. The molecule has 4 aromatic rings. The van der Waals surface area contributed by atoms with Crippen LogP contribution in [0, 0.1) is 0 Å². The quantitative estimate of drug-likeness (QED) is 0.385. The van der Waals surface area contributed by atoms with E-state index >= 15 is 0 Å². The van der Waals surface area contributed by atoms with Gasteiger partial charge in [0.15, 0.2) is 0 Å². The van der Waals surface area contributed by atoms with Crippen molar-refractivity contribution in [1.82, 2.24) is 0 Å². The van der Waals surface area contributed by atoms with Gasteiger partial charge in [-0.15, -0.1) is 0 Å². The molecule has 0 saturated carbocycles. The van der Waals surface area contributed by atoms with E-state index < -0.39 is 0 Å². The monoisotopic (exact) mass is 348 g/mol. The van der Waals surface area contributed by atoms with Crippen LogP contribution in [0.3, 0.4) is 0 Å². The van der Waals surface area contributed by atoms with Crippen molar-refractivity contribution in [2.24, 2.45) is 0 Å². The molecule has 0 atom stereocenters. The molecule has 0 aromatic heterocycles. The van der Waals surface area contributed by atoms with Crippen LogP contribution in [0.1, 0.15) is 22.3 Å². The van der Waals surface area contributed by atoms with E-state index in [-0.39, 0.29) is 5.41 Å². The van der Waals surface area contributed by atoms with E-state index in [2.05, 4.69) is 97.1 Å². The summed E-state index contributed by atoms with van der Waals surface area (Å²) < 4.78 is 5.57. The first-order chi connectivity index (χ1) is 13.4. The molecule has 0 spiro atoms. The average molecular weight is 348 g/mol. The van der Waals surface area contributed by atoms with Crippen LogP contribution in [0.25, 0.3) is 11.1 Å². The first-order valence-corrected chi connectivity index (χ1v) is 9.25. The zero-order valence-electron chi connectivity index (χ0n) is 15.2. The normalized spacial score (nSPS) is 13.7. The Bertz CT molecular complexity index is 1070. The molecule has 1 aliphatic carbocycles. The van der Waals surface area contributed by atoms with Crippen LogP contribution < -0.4 is 4.74 Å². The van der Waals surface area contributed by atoms with Crippen molar-refractivity contribution >= 4 is 0 Å². The molecule has 1 nitrogen and oxygen atoms in total. The van der Waals surface area contributed by atoms with Crippen molar-refractivity contribution in [3.63, 3.8) is 0 Å². The lowest BCUT2D eigenvalue weighted by Crippen LogP contribution is -2.28. The molecule has 0 heterocycles. The highest BCUT2D eigenvalue weighted by atomic mass is 16.5. The van der Waals surface area contributed by atoms with E-state index in [0.717, 1.165) is 5.75 Å². The fraction of sp³-hybridized carbons (Fsp3) is 0.0769. The van der Waals surface area contributed by atoms with Gasteiger partial charge in [-0.25, -0.2) is 0 Å². The largest absolute Gasteiger partial charge is 0.497 e. The Labute approximate surface area is 159 Å². The van der Waals surface area contributed by atoms with E-state index in [1.165, 1.54) is 33.4 Å². The molecule has 5 rings (SSSR count). The SMILES string of the molecule is COc1cccc(C2(c3ccccc3)c3ccccc3-c3ccccc32)c1. The van der Waals surface area contributed by atoms with Crippen LogP contribution in [-0.2, 0) is 5.41 Å². The van der Waals surface area contributed by atoms with E-state index in [1.54, 1.807) is 7.11 Å². The first kappa shape index (κ1) is 15.9. The summed E-state index contributed by atoms with van der Waals surface area (Å²) in [6, 6.07) is 36.8. The fourth-order valence-electron chi connectivity index (χ4n) is 4.57. The highest BCUT2D eigenvalue weighted by molar-refractivity contribution is 5.86. The minimum absolute atomic E-state index is 0.344. The Morgan fingerprint density at radius 2 is 1.11 bits per heavy atom. The van der Waals surface area contributed by atoms with Gasteiger partial charge in [-0.3, -0.25) is 0 Å². The average Bonchev–Trinajstić information content (AvgIpc) is 3.06. The van der Waals surface area contributed by atoms with E-state index in [0.29, 0.717) is 0 Å². The van der Waals surface area contributed by atoms with Crippen LogP contribution in [0.4, 0.5) is 0 Å². The Balaban J connectivity index is 1.95. The molecule has 1 heteroatoms. The molecule has 0 N–H and O–H groups in total.